The molecule has 7 nitrogen and oxygen atoms in total. The lowest BCUT2D eigenvalue weighted by Crippen LogP contribution is -2.25. The molecular formula is C18H16BrN3O4S. The highest BCUT2D eigenvalue weighted by atomic mass is 79.9. The van der Waals surface area contributed by atoms with Crippen molar-refractivity contribution in [1.29, 1.82) is 0 Å². The van der Waals surface area contributed by atoms with Crippen molar-refractivity contribution in [2.24, 2.45) is 0 Å². The molecule has 0 fully saturated rings. The predicted octanol–water partition coefficient (Wildman–Crippen LogP) is 2.85. The van der Waals surface area contributed by atoms with E-state index in [1.54, 1.807) is 36.7 Å². The number of pyridine rings is 1. The third-order valence-corrected chi connectivity index (χ3v) is 5.80. The van der Waals surface area contributed by atoms with Crippen LogP contribution in [-0.4, -0.2) is 19.3 Å². The van der Waals surface area contributed by atoms with E-state index in [4.69, 9.17) is 4.42 Å². The van der Waals surface area contributed by atoms with E-state index < -0.39 is 10.0 Å². The van der Waals surface area contributed by atoms with Gasteiger partial charge in [-0.25, -0.2) is 13.1 Å². The zero-order valence-electron chi connectivity index (χ0n) is 14.1. The number of benzene rings is 1. The second kappa shape index (κ2) is 8.47. The van der Waals surface area contributed by atoms with E-state index in [0.717, 1.165) is 5.56 Å². The van der Waals surface area contributed by atoms with Crippen molar-refractivity contribution in [2.75, 3.05) is 0 Å². The molecule has 0 spiro atoms. The maximum atomic E-state index is 12.5. The van der Waals surface area contributed by atoms with Gasteiger partial charge in [-0.05, 0) is 64.0 Å². The van der Waals surface area contributed by atoms with Crippen molar-refractivity contribution in [1.82, 2.24) is 15.0 Å². The van der Waals surface area contributed by atoms with Crippen LogP contribution in [0, 0.1) is 0 Å². The van der Waals surface area contributed by atoms with Crippen LogP contribution >= 0.6 is 15.9 Å². The first-order valence-electron chi connectivity index (χ1n) is 7.94. The fraction of sp³-hybridized carbons (Fsp3) is 0.111. The molecule has 2 aromatic heterocycles. The van der Waals surface area contributed by atoms with Crippen molar-refractivity contribution in [3.05, 3.63) is 82.5 Å². The Morgan fingerprint density at radius 3 is 2.59 bits per heavy atom. The number of sulfonamides is 1. The molecule has 9 heteroatoms. The van der Waals surface area contributed by atoms with Crippen LogP contribution in [0.15, 0.2) is 74.9 Å². The van der Waals surface area contributed by atoms with Gasteiger partial charge in [0.15, 0.2) is 0 Å². The predicted molar refractivity (Wildman–Crippen MR) is 102 cm³/mol. The van der Waals surface area contributed by atoms with E-state index >= 15 is 0 Å². The highest BCUT2D eigenvalue weighted by molar-refractivity contribution is 9.10. The molecule has 2 N–H and O–H groups in total. The molecule has 0 aliphatic carbocycles. The second-order valence-electron chi connectivity index (χ2n) is 5.58. The summed E-state index contributed by atoms with van der Waals surface area (Å²) in [5.41, 5.74) is 1.11. The molecule has 1 aromatic carbocycles. The molecule has 0 unspecified atom stereocenters. The van der Waals surface area contributed by atoms with Gasteiger partial charge in [-0.3, -0.25) is 9.78 Å². The monoisotopic (exact) mass is 449 g/mol. The van der Waals surface area contributed by atoms with E-state index in [9.17, 15) is 13.2 Å². The van der Waals surface area contributed by atoms with Crippen molar-refractivity contribution >= 4 is 31.9 Å². The number of carbonyl (C=O) groups is 1. The van der Waals surface area contributed by atoms with Crippen molar-refractivity contribution < 1.29 is 17.6 Å². The molecule has 0 atom stereocenters. The van der Waals surface area contributed by atoms with E-state index in [0.29, 0.717) is 16.8 Å². The normalized spacial score (nSPS) is 11.3. The smallest absolute Gasteiger partial charge is 0.252 e. The Morgan fingerprint density at radius 2 is 1.89 bits per heavy atom. The first-order chi connectivity index (χ1) is 13.0. The molecule has 3 rings (SSSR count). The Labute approximate surface area is 165 Å². The second-order valence-corrected chi connectivity index (χ2v) is 8.20. The fourth-order valence-electron chi connectivity index (χ4n) is 2.29. The van der Waals surface area contributed by atoms with E-state index in [1.165, 1.54) is 24.5 Å². The van der Waals surface area contributed by atoms with Gasteiger partial charge in [0.2, 0.25) is 10.0 Å². The maximum absolute atomic E-state index is 12.5. The van der Waals surface area contributed by atoms with Crippen LogP contribution < -0.4 is 10.0 Å². The summed E-state index contributed by atoms with van der Waals surface area (Å²) in [7, 11) is -3.80. The molecule has 27 heavy (non-hydrogen) atoms. The lowest BCUT2D eigenvalue weighted by atomic mass is 10.2. The highest BCUT2D eigenvalue weighted by Gasteiger charge is 2.19. The van der Waals surface area contributed by atoms with Crippen LogP contribution in [0.3, 0.4) is 0 Å². The Hall–Kier alpha value is -2.49. The quantitative estimate of drug-likeness (QED) is 0.577. The summed E-state index contributed by atoms with van der Waals surface area (Å²) in [5.74, 6) is 0.104. The van der Waals surface area contributed by atoms with Crippen LogP contribution in [0.1, 0.15) is 21.7 Å². The first kappa shape index (κ1) is 19.3. The molecule has 0 radical (unpaired) electrons. The summed E-state index contributed by atoms with van der Waals surface area (Å²) in [4.78, 5) is 16.4. The molecule has 0 saturated carbocycles. The van der Waals surface area contributed by atoms with E-state index in [2.05, 4.69) is 31.0 Å². The SMILES string of the molecule is O=C(NCc1ccncc1)c1cc(S(=O)(=O)NCc2ccco2)ccc1Br. The third-order valence-electron chi connectivity index (χ3n) is 3.71. The summed E-state index contributed by atoms with van der Waals surface area (Å²) < 4.78 is 33.0. The number of nitrogens with zero attached hydrogens (tertiary/aromatic N) is 1. The number of hydrogen-bond acceptors (Lipinski definition) is 5. The van der Waals surface area contributed by atoms with Gasteiger partial charge in [0.25, 0.3) is 5.91 Å². The molecule has 2 heterocycles. The Kier molecular flexibility index (Phi) is 6.04. The molecule has 140 valence electrons. The minimum absolute atomic E-state index is 0.00804. The van der Waals surface area contributed by atoms with Gasteiger partial charge in [0, 0.05) is 23.4 Å². The fourth-order valence-corrected chi connectivity index (χ4v) is 3.73. The summed E-state index contributed by atoms with van der Waals surface area (Å²) >= 11 is 3.29. The number of halogens is 1. The van der Waals surface area contributed by atoms with Crippen LogP contribution in [0.4, 0.5) is 0 Å². The largest absolute Gasteiger partial charge is 0.468 e. The number of nitrogens with one attached hydrogen (secondary N) is 2. The van der Waals surface area contributed by atoms with Gasteiger partial charge in [0.05, 0.1) is 23.3 Å². The standard InChI is InChI=1S/C18H16BrN3O4S/c19-17-4-3-15(27(24,25)22-12-14-2-1-9-26-14)10-16(17)18(23)21-11-13-5-7-20-8-6-13/h1-10,22H,11-12H2,(H,21,23). The third kappa shape index (κ3) is 5.03. The topological polar surface area (TPSA) is 101 Å². The van der Waals surface area contributed by atoms with E-state index in [-0.39, 0.29) is 22.9 Å². The number of carbonyl (C=O) groups excluding carboxylic acids is 1. The number of hydrogen-bond donors (Lipinski definition) is 2. The molecular weight excluding hydrogens is 434 g/mol. The Balaban J connectivity index is 1.73. The number of aromatic nitrogens is 1. The summed E-state index contributed by atoms with van der Waals surface area (Å²) in [6.45, 7) is 0.330. The highest BCUT2D eigenvalue weighted by Crippen LogP contribution is 2.21. The van der Waals surface area contributed by atoms with Gasteiger partial charge < -0.3 is 9.73 Å². The van der Waals surface area contributed by atoms with Gasteiger partial charge in [-0.1, -0.05) is 0 Å². The van der Waals surface area contributed by atoms with Crippen LogP contribution in [0.2, 0.25) is 0 Å². The van der Waals surface area contributed by atoms with Crippen LogP contribution in [-0.2, 0) is 23.1 Å². The number of furan rings is 1. The lowest BCUT2D eigenvalue weighted by Gasteiger charge is -2.10. The summed E-state index contributed by atoms with van der Waals surface area (Å²) in [6.07, 6.45) is 4.74. The number of rotatable bonds is 7. The van der Waals surface area contributed by atoms with Crippen molar-refractivity contribution in [3.63, 3.8) is 0 Å². The molecule has 0 bridgehead atoms. The molecule has 0 saturated heterocycles. The lowest BCUT2D eigenvalue weighted by molar-refractivity contribution is 0.0950. The summed E-state index contributed by atoms with van der Waals surface area (Å²) in [6, 6.07) is 11.2. The van der Waals surface area contributed by atoms with Crippen molar-refractivity contribution in [2.45, 2.75) is 18.0 Å². The van der Waals surface area contributed by atoms with Crippen LogP contribution in [0.5, 0.6) is 0 Å². The van der Waals surface area contributed by atoms with Crippen molar-refractivity contribution in [3.8, 4) is 0 Å². The minimum Gasteiger partial charge on any atom is -0.468 e. The van der Waals surface area contributed by atoms with Crippen LogP contribution in [0.25, 0.3) is 0 Å². The Morgan fingerprint density at radius 1 is 1.11 bits per heavy atom. The molecule has 1 amide bonds. The Bertz CT molecular complexity index is 1020. The average Bonchev–Trinajstić information content (AvgIpc) is 3.19. The number of amides is 1. The van der Waals surface area contributed by atoms with Gasteiger partial charge in [0.1, 0.15) is 5.76 Å². The maximum Gasteiger partial charge on any atom is 0.252 e. The van der Waals surface area contributed by atoms with E-state index in [1.807, 2.05) is 0 Å². The first-order valence-corrected chi connectivity index (χ1v) is 10.2. The zero-order valence-corrected chi connectivity index (χ0v) is 16.5. The minimum atomic E-state index is -3.80. The average molecular weight is 450 g/mol. The molecule has 3 aromatic rings. The molecule has 0 aliphatic heterocycles. The molecule has 0 aliphatic rings. The van der Waals surface area contributed by atoms with Gasteiger partial charge in [-0.15, -0.1) is 0 Å². The summed E-state index contributed by atoms with van der Waals surface area (Å²) in [5, 5.41) is 2.76. The zero-order chi connectivity index (χ0) is 19.3. The van der Waals surface area contributed by atoms with Gasteiger partial charge >= 0.3 is 0 Å². The van der Waals surface area contributed by atoms with Gasteiger partial charge in [-0.2, -0.15) is 0 Å².